The minimum Gasteiger partial charge on any atom is -0.493 e. The molecular weight excluding hydrogens is 305 g/mol. The molecule has 0 amide bonds. The normalized spacial score (nSPS) is 9.95. The number of ether oxygens (including phenoxy) is 2. The Hall–Kier alpha value is -1.78. The number of hydrogen-bond donors (Lipinski definition) is 1. The van der Waals surface area contributed by atoms with Crippen molar-refractivity contribution in [3.63, 3.8) is 0 Å². The van der Waals surface area contributed by atoms with Gasteiger partial charge in [-0.25, -0.2) is 4.39 Å². The highest BCUT2D eigenvalue weighted by Gasteiger charge is 2.04. The molecule has 0 radical (unpaired) electrons. The van der Waals surface area contributed by atoms with E-state index in [1.165, 1.54) is 6.07 Å². The van der Waals surface area contributed by atoms with Crippen molar-refractivity contribution in [3.05, 3.63) is 59.4 Å². The van der Waals surface area contributed by atoms with E-state index < -0.39 is 0 Å². The third-order valence-electron chi connectivity index (χ3n) is 3.31. The SMILES string of the molecule is COc1ccc(CNCCc2ccccc2F)cc1OC.Cl. The van der Waals surface area contributed by atoms with E-state index in [0.717, 1.165) is 17.7 Å². The van der Waals surface area contributed by atoms with Crippen LogP contribution in [-0.4, -0.2) is 20.8 Å². The molecule has 0 aromatic heterocycles. The molecule has 0 heterocycles. The van der Waals surface area contributed by atoms with E-state index in [2.05, 4.69) is 5.32 Å². The first kappa shape index (κ1) is 18.3. The summed E-state index contributed by atoms with van der Waals surface area (Å²) in [7, 11) is 3.23. The third kappa shape index (κ3) is 4.90. The van der Waals surface area contributed by atoms with Gasteiger partial charge in [-0.15, -0.1) is 12.4 Å². The summed E-state index contributed by atoms with van der Waals surface area (Å²) in [4.78, 5) is 0. The molecular formula is C17H21ClFNO2. The smallest absolute Gasteiger partial charge is 0.161 e. The minimum atomic E-state index is -0.148. The van der Waals surface area contributed by atoms with Crippen molar-refractivity contribution in [2.75, 3.05) is 20.8 Å². The van der Waals surface area contributed by atoms with Crippen LogP contribution in [0.5, 0.6) is 11.5 Å². The van der Waals surface area contributed by atoms with E-state index in [4.69, 9.17) is 9.47 Å². The van der Waals surface area contributed by atoms with Gasteiger partial charge in [-0.3, -0.25) is 0 Å². The summed E-state index contributed by atoms with van der Waals surface area (Å²) in [5.41, 5.74) is 1.83. The number of halogens is 2. The number of benzene rings is 2. The van der Waals surface area contributed by atoms with Crippen molar-refractivity contribution in [1.82, 2.24) is 5.32 Å². The summed E-state index contributed by atoms with van der Waals surface area (Å²) in [6.07, 6.45) is 0.667. The number of rotatable bonds is 7. The van der Waals surface area contributed by atoms with Crippen molar-refractivity contribution in [2.45, 2.75) is 13.0 Å². The number of nitrogens with one attached hydrogen (secondary N) is 1. The Bertz CT molecular complexity index is 593. The lowest BCUT2D eigenvalue weighted by Gasteiger charge is -2.10. The fraction of sp³-hybridized carbons (Fsp3) is 0.294. The van der Waals surface area contributed by atoms with Crippen molar-refractivity contribution < 1.29 is 13.9 Å². The van der Waals surface area contributed by atoms with Crippen LogP contribution in [-0.2, 0) is 13.0 Å². The zero-order valence-electron chi connectivity index (χ0n) is 12.8. The van der Waals surface area contributed by atoms with Gasteiger partial charge in [-0.05, 0) is 42.3 Å². The third-order valence-corrected chi connectivity index (χ3v) is 3.31. The Morgan fingerprint density at radius 2 is 1.73 bits per heavy atom. The van der Waals surface area contributed by atoms with Crippen molar-refractivity contribution in [3.8, 4) is 11.5 Å². The summed E-state index contributed by atoms with van der Waals surface area (Å²) in [5.74, 6) is 1.28. The molecule has 2 aromatic rings. The van der Waals surface area contributed by atoms with E-state index in [0.29, 0.717) is 24.5 Å². The van der Waals surface area contributed by atoms with Gasteiger partial charge in [0.1, 0.15) is 5.82 Å². The molecule has 0 saturated heterocycles. The highest BCUT2D eigenvalue weighted by Crippen LogP contribution is 2.27. The maximum Gasteiger partial charge on any atom is 0.161 e. The van der Waals surface area contributed by atoms with E-state index in [1.54, 1.807) is 20.3 Å². The molecule has 2 rings (SSSR count). The highest BCUT2D eigenvalue weighted by molar-refractivity contribution is 5.85. The molecule has 0 aliphatic heterocycles. The zero-order chi connectivity index (χ0) is 15.1. The van der Waals surface area contributed by atoms with Crippen LogP contribution in [0.15, 0.2) is 42.5 Å². The Labute approximate surface area is 136 Å². The largest absolute Gasteiger partial charge is 0.493 e. The van der Waals surface area contributed by atoms with E-state index in [9.17, 15) is 4.39 Å². The Kier molecular flexibility index (Phi) is 7.71. The zero-order valence-corrected chi connectivity index (χ0v) is 13.6. The average molecular weight is 326 g/mol. The van der Waals surface area contributed by atoms with Gasteiger partial charge in [0.05, 0.1) is 14.2 Å². The van der Waals surface area contributed by atoms with Gasteiger partial charge in [0, 0.05) is 6.54 Å². The Balaban J connectivity index is 0.00000242. The standard InChI is InChI=1S/C17H20FNO2.ClH/c1-20-16-8-7-13(11-17(16)21-2)12-19-10-9-14-5-3-4-6-15(14)18;/h3-8,11,19H,9-10,12H2,1-2H3;1H. The summed E-state index contributed by atoms with van der Waals surface area (Å²) in [6.45, 7) is 1.42. The molecule has 0 fully saturated rings. The lowest BCUT2D eigenvalue weighted by molar-refractivity contribution is 0.354. The van der Waals surface area contributed by atoms with Crippen LogP contribution in [0.1, 0.15) is 11.1 Å². The predicted octanol–water partition coefficient (Wildman–Crippen LogP) is 3.60. The van der Waals surface area contributed by atoms with Gasteiger partial charge < -0.3 is 14.8 Å². The molecule has 0 spiro atoms. The van der Waals surface area contributed by atoms with Crippen LogP contribution in [0.3, 0.4) is 0 Å². The minimum absolute atomic E-state index is 0. The lowest BCUT2D eigenvalue weighted by Crippen LogP contribution is -2.17. The fourth-order valence-corrected chi connectivity index (χ4v) is 2.15. The second-order valence-electron chi connectivity index (χ2n) is 4.71. The van der Waals surface area contributed by atoms with Gasteiger partial charge in [-0.1, -0.05) is 24.3 Å². The van der Waals surface area contributed by atoms with Gasteiger partial charge in [-0.2, -0.15) is 0 Å². The molecule has 2 aromatic carbocycles. The molecule has 0 aliphatic rings. The van der Waals surface area contributed by atoms with Gasteiger partial charge in [0.2, 0.25) is 0 Å². The quantitative estimate of drug-likeness (QED) is 0.789. The second-order valence-corrected chi connectivity index (χ2v) is 4.71. The first-order valence-electron chi connectivity index (χ1n) is 6.89. The van der Waals surface area contributed by atoms with Gasteiger partial charge in [0.15, 0.2) is 11.5 Å². The number of hydrogen-bond acceptors (Lipinski definition) is 3. The molecule has 1 N–H and O–H groups in total. The van der Waals surface area contributed by atoms with Gasteiger partial charge in [0.25, 0.3) is 0 Å². The molecule has 22 heavy (non-hydrogen) atoms. The number of methoxy groups -OCH3 is 2. The van der Waals surface area contributed by atoms with E-state index in [-0.39, 0.29) is 18.2 Å². The molecule has 5 heteroatoms. The predicted molar refractivity (Wildman–Crippen MR) is 88.6 cm³/mol. The Morgan fingerprint density at radius 1 is 1.00 bits per heavy atom. The monoisotopic (exact) mass is 325 g/mol. The molecule has 120 valence electrons. The van der Waals surface area contributed by atoms with Crippen LogP contribution >= 0.6 is 12.4 Å². The van der Waals surface area contributed by atoms with Gasteiger partial charge >= 0.3 is 0 Å². The van der Waals surface area contributed by atoms with Crippen molar-refractivity contribution in [2.24, 2.45) is 0 Å². The average Bonchev–Trinajstić information content (AvgIpc) is 2.52. The van der Waals surface area contributed by atoms with E-state index >= 15 is 0 Å². The van der Waals surface area contributed by atoms with E-state index in [1.807, 2.05) is 30.3 Å². The summed E-state index contributed by atoms with van der Waals surface area (Å²) < 4.78 is 23.9. The molecule has 3 nitrogen and oxygen atoms in total. The molecule has 0 bridgehead atoms. The van der Waals surface area contributed by atoms with Crippen molar-refractivity contribution >= 4 is 12.4 Å². The van der Waals surface area contributed by atoms with Crippen molar-refractivity contribution in [1.29, 1.82) is 0 Å². The van der Waals surface area contributed by atoms with Crippen LogP contribution in [0, 0.1) is 5.82 Å². The fourth-order valence-electron chi connectivity index (χ4n) is 2.15. The first-order chi connectivity index (χ1) is 10.2. The summed E-state index contributed by atoms with van der Waals surface area (Å²) in [6, 6.07) is 12.7. The maximum atomic E-state index is 13.5. The van der Waals surface area contributed by atoms with Crippen LogP contribution in [0.25, 0.3) is 0 Å². The molecule has 0 atom stereocenters. The molecule has 0 unspecified atom stereocenters. The summed E-state index contributed by atoms with van der Waals surface area (Å²) >= 11 is 0. The lowest BCUT2D eigenvalue weighted by atomic mass is 10.1. The molecule has 0 aliphatic carbocycles. The topological polar surface area (TPSA) is 30.5 Å². The van der Waals surface area contributed by atoms with Crippen LogP contribution < -0.4 is 14.8 Å². The second kappa shape index (κ2) is 9.28. The Morgan fingerprint density at radius 3 is 2.41 bits per heavy atom. The summed E-state index contributed by atoms with van der Waals surface area (Å²) in [5, 5.41) is 3.30. The molecule has 0 saturated carbocycles. The highest BCUT2D eigenvalue weighted by atomic mass is 35.5. The maximum absolute atomic E-state index is 13.5. The first-order valence-corrected chi connectivity index (χ1v) is 6.89. The van der Waals surface area contributed by atoms with Crippen LogP contribution in [0.4, 0.5) is 4.39 Å². The van der Waals surface area contributed by atoms with Crippen LogP contribution in [0.2, 0.25) is 0 Å².